The predicted molar refractivity (Wildman–Crippen MR) is 122 cm³/mol. The van der Waals surface area contributed by atoms with Gasteiger partial charge >= 0.3 is 6.02 Å². The number of hydrazine groups is 1. The van der Waals surface area contributed by atoms with E-state index >= 15 is 0 Å². The third kappa shape index (κ3) is 5.54. The standard InChI is InChI=1S/C21H28N8O2/c1-13(14-5-7-15(8-6-14)20(30)29(3)4)25-17(18(22)23-2)19-27-28-21(31-19)26-16-9-11-24-12-10-16/h5-8,16,22,24,27H,2,9-12H2,1,3-4H3,(H,26,28). The molecule has 2 aliphatic rings. The number of ether oxygens (including phenoxy) is 1. The van der Waals surface area contributed by atoms with E-state index < -0.39 is 0 Å². The van der Waals surface area contributed by atoms with Gasteiger partial charge in [-0.1, -0.05) is 12.1 Å². The number of rotatable bonds is 5. The number of piperidine rings is 1. The van der Waals surface area contributed by atoms with Crippen molar-refractivity contribution in [2.45, 2.75) is 25.8 Å². The van der Waals surface area contributed by atoms with Gasteiger partial charge in [0, 0.05) is 25.4 Å². The van der Waals surface area contributed by atoms with Crippen molar-refractivity contribution in [3.05, 3.63) is 47.0 Å². The van der Waals surface area contributed by atoms with Crippen LogP contribution < -0.4 is 16.2 Å². The van der Waals surface area contributed by atoms with Crippen molar-refractivity contribution in [3.8, 4) is 0 Å². The van der Waals surface area contributed by atoms with Crippen LogP contribution >= 0.6 is 0 Å². The van der Waals surface area contributed by atoms with Gasteiger partial charge in [-0.2, -0.15) is 0 Å². The predicted octanol–water partition coefficient (Wildman–Crippen LogP) is 1.28. The molecule has 0 aliphatic carbocycles. The molecule has 2 saturated heterocycles. The van der Waals surface area contributed by atoms with E-state index in [4.69, 9.17) is 10.1 Å². The van der Waals surface area contributed by atoms with Crippen LogP contribution in [-0.2, 0) is 4.74 Å². The molecule has 164 valence electrons. The Hall–Kier alpha value is -3.53. The van der Waals surface area contributed by atoms with Gasteiger partial charge in [-0.15, -0.1) is 0 Å². The van der Waals surface area contributed by atoms with Crippen molar-refractivity contribution in [2.24, 2.45) is 15.0 Å². The van der Waals surface area contributed by atoms with E-state index in [9.17, 15) is 4.79 Å². The molecule has 0 saturated carbocycles. The van der Waals surface area contributed by atoms with Crippen molar-refractivity contribution in [2.75, 3.05) is 27.2 Å². The summed E-state index contributed by atoms with van der Waals surface area (Å²) in [4.78, 5) is 26.4. The molecule has 31 heavy (non-hydrogen) atoms. The third-order valence-electron chi connectivity index (χ3n) is 4.92. The van der Waals surface area contributed by atoms with Crippen molar-refractivity contribution in [3.63, 3.8) is 0 Å². The van der Waals surface area contributed by atoms with Gasteiger partial charge in [-0.05, 0) is 57.3 Å². The number of nitrogens with one attached hydrogen (secondary N) is 4. The molecule has 1 aromatic rings. The second-order valence-electron chi connectivity index (χ2n) is 7.43. The van der Waals surface area contributed by atoms with Crippen LogP contribution in [-0.4, -0.2) is 68.3 Å². The summed E-state index contributed by atoms with van der Waals surface area (Å²) in [6.07, 6.45) is 1.88. The first-order chi connectivity index (χ1) is 14.9. The van der Waals surface area contributed by atoms with E-state index in [0.29, 0.717) is 17.3 Å². The molecule has 1 amide bonds. The average Bonchev–Trinajstić information content (AvgIpc) is 3.25. The van der Waals surface area contributed by atoms with Gasteiger partial charge in [0.05, 0.1) is 6.04 Å². The maximum absolute atomic E-state index is 12.1. The van der Waals surface area contributed by atoms with Gasteiger partial charge < -0.3 is 15.0 Å². The molecule has 10 nitrogen and oxygen atoms in total. The zero-order chi connectivity index (χ0) is 22.4. The Morgan fingerprint density at radius 3 is 2.42 bits per heavy atom. The zero-order valence-electron chi connectivity index (χ0n) is 18.0. The highest BCUT2D eigenvalue weighted by molar-refractivity contribution is 6.06. The molecular formula is C21H28N8O2. The van der Waals surface area contributed by atoms with E-state index in [0.717, 1.165) is 31.5 Å². The number of carbonyl (C=O) groups excluding carboxylic acids is 1. The first-order valence-electron chi connectivity index (χ1n) is 10.0. The zero-order valence-corrected chi connectivity index (χ0v) is 18.0. The number of nitrogens with zero attached hydrogens (tertiary/aromatic N) is 4. The molecule has 3 rings (SSSR count). The second kappa shape index (κ2) is 9.98. The van der Waals surface area contributed by atoms with Gasteiger partial charge in [-0.25, -0.2) is 15.0 Å². The molecule has 0 spiro atoms. The molecule has 0 unspecified atom stereocenters. The fourth-order valence-corrected chi connectivity index (χ4v) is 3.16. The SMILES string of the molecule is C=NC(=N)C(N=C(C)c1ccc(C(=O)N(C)C)cc1)=C1NNC(=NC2CCNCC2)O1. The summed E-state index contributed by atoms with van der Waals surface area (Å²) < 4.78 is 5.76. The Morgan fingerprint density at radius 2 is 1.81 bits per heavy atom. The minimum atomic E-state index is -0.133. The fraction of sp³-hybridized carbons (Fsp3) is 0.381. The summed E-state index contributed by atoms with van der Waals surface area (Å²) in [5.74, 6) is 0.0341. The van der Waals surface area contributed by atoms with Gasteiger partial charge in [0.15, 0.2) is 11.5 Å². The third-order valence-corrected chi connectivity index (χ3v) is 4.92. The number of amides is 1. The highest BCUT2D eigenvalue weighted by Crippen LogP contribution is 2.16. The maximum atomic E-state index is 12.1. The number of aliphatic imine (C=N–C) groups is 3. The lowest BCUT2D eigenvalue weighted by atomic mass is 10.1. The van der Waals surface area contributed by atoms with Crippen molar-refractivity contribution < 1.29 is 9.53 Å². The van der Waals surface area contributed by atoms with Crippen LogP contribution in [0.5, 0.6) is 0 Å². The molecule has 0 atom stereocenters. The minimum absolute atomic E-state index is 0.0724. The summed E-state index contributed by atoms with van der Waals surface area (Å²) in [5, 5.41) is 11.4. The van der Waals surface area contributed by atoms with E-state index in [1.165, 1.54) is 4.90 Å². The lowest BCUT2D eigenvalue weighted by Crippen LogP contribution is -2.32. The quantitative estimate of drug-likeness (QED) is 0.418. The summed E-state index contributed by atoms with van der Waals surface area (Å²) in [6, 6.07) is 7.64. The number of hydrogen-bond acceptors (Lipinski definition) is 7. The van der Waals surface area contributed by atoms with Crippen LogP contribution in [0.25, 0.3) is 0 Å². The Kier molecular flexibility index (Phi) is 7.14. The Balaban J connectivity index is 1.83. The van der Waals surface area contributed by atoms with E-state index in [1.807, 2.05) is 19.1 Å². The fourth-order valence-electron chi connectivity index (χ4n) is 3.16. The largest absolute Gasteiger partial charge is 0.404 e. The second-order valence-corrected chi connectivity index (χ2v) is 7.43. The van der Waals surface area contributed by atoms with Crippen LogP contribution in [0.4, 0.5) is 0 Å². The average molecular weight is 425 g/mol. The maximum Gasteiger partial charge on any atom is 0.311 e. The molecule has 4 N–H and O–H groups in total. The van der Waals surface area contributed by atoms with Crippen LogP contribution in [0.2, 0.25) is 0 Å². The smallest absolute Gasteiger partial charge is 0.311 e. The number of hydrogen-bond donors (Lipinski definition) is 4. The normalized spacial score (nSPS) is 19.8. The van der Waals surface area contributed by atoms with Gasteiger partial charge in [0.25, 0.3) is 5.91 Å². The summed E-state index contributed by atoms with van der Waals surface area (Å²) in [5.41, 5.74) is 7.99. The number of benzene rings is 1. The van der Waals surface area contributed by atoms with Crippen LogP contribution in [0, 0.1) is 5.41 Å². The van der Waals surface area contributed by atoms with Crippen LogP contribution in [0.15, 0.2) is 50.8 Å². The van der Waals surface area contributed by atoms with Crippen molar-refractivity contribution in [1.82, 2.24) is 21.1 Å². The van der Waals surface area contributed by atoms with Crippen molar-refractivity contribution >= 4 is 30.2 Å². The molecule has 2 fully saturated rings. The molecule has 2 aliphatic heterocycles. The van der Waals surface area contributed by atoms with Crippen LogP contribution in [0.1, 0.15) is 35.7 Å². The molecule has 1 aromatic carbocycles. The summed E-state index contributed by atoms with van der Waals surface area (Å²) >= 11 is 0. The molecule has 2 heterocycles. The lowest BCUT2D eigenvalue weighted by molar-refractivity contribution is 0.0827. The number of carbonyl (C=O) groups is 1. The monoisotopic (exact) mass is 424 g/mol. The van der Waals surface area contributed by atoms with Gasteiger partial charge in [-0.3, -0.25) is 21.1 Å². The first kappa shape index (κ1) is 22.2. The Labute approximate surface area is 181 Å². The molecular weight excluding hydrogens is 396 g/mol. The molecule has 0 aromatic heterocycles. The summed E-state index contributed by atoms with van der Waals surface area (Å²) in [7, 11) is 3.42. The highest BCUT2D eigenvalue weighted by atomic mass is 16.5. The molecule has 0 radical (unpaired) electrons. The topological polar surface area (TPSA) is 127 Å². The molecule has 10 heteroatoms. The molecule has 0 bridgehead atoms. The highest BCUT2D eigenvalue weighted by Gasteiger charge is 2.23. The lowest BCUT2D eigenvalue weighted by Gasteiger charge is -2.18. The van der Waals surface area contributed by atoms with Crippen molar-refractivity contribution in [1.29, 1.82) is 5.41 Å². The van der Waals surface area contributed by atoms with Gasteiger partial charge in [0.1, 0.15) is 0 Å². The Morgan fingerprint density at radius 1 is 1.16 bits per heavy atom. The van der Waals surface area contributed by atoms with E-state index in [2.05, 4.69) is 37.9 Å². The van der Waals surface area contributed by atoms with E-state index in [-0.39, 0.29) is 29.4 Å². The summed E-state index contributed by atoms with van der Waals surface area (Å²) in [6.45, 7) is 7.10. The Bertz CT molecular complexity index is 941. The number of amidine groups is 2. The minimum Gasteiger partial charge on any atom is -0.404 e. The van der Waals surface area contributed by atoms with Crippen LogP contribution in [0.3, 0.4) is 0 Å². The first-order valence-corrected chi connectivity index (χ1v) is 10.0. The van der Waals surface area contributed by atoms with Gasteiger partial charge in [0.2, 0.25) is 5.88 Å². The van der Waals surface area contributed by atoms with E-state index in [1.54, 1.807) is 26.2 Å².